The predicted molar refractivity (Wildman–Crippen MR) is 78.9 cm³/mol. The van der Waals surface area contributed by atoms with Crippen LogP contribution in [-0.4, -0.2) is 39.0 Å². The van der Waals surface area contributed by atoms with E-state index < -0.39 is 11.0 Å². The van der Waals surface area contributed by atoms with E-state index in [4.69, 9.17) is 0 Å². The largest absolute Gasteiger partial charge is 0.390 e. The lowest BCUT2D eigenvalue weighted by molar-refractivity contribution is -0.385. The maximum Gasteiger partial charge on any atom is 0.306 e. The van der Waals surface area contributed by atoms with Crippen LogP contribution in [0.15, 0.2) is 12.4 Å². The Kier molecular flexibility index (Phi) is 6.13. The summed E-state index contributed by atoms with van der Waals surface area (Å²) in [4.78, 5) is 10.1. The van der Waals surface area contributed by atoms with E-state index in [1.165, 1.54) is 55.6 Å². The Hall–Kier alpha value is -1.47. The molecule has 2 N–H and O–H groups in total. The van der Waals surface area contributed by atoms with Crippen LogP contribution in [0.25, 0.3) is 0 Å². The molecule has 2 rings (SSSR count). The summed E-state index contributed by atoms with van der Waals surface area (Å²) >= 11 is 0. The molecule has 21 heavy (non-hydrogen) atoms. The first kappa shape index (κ1) is 15.9. The molecule has 0 aliphatic heterocycles. The van der Waals surface area contributed by atoms with Crippen LogP contribution in [0.2, 0.25) is 0 Å². The molecule has 7 heteroatoms. The van der Waals surface area contributed by atoms with Crippen molar-refractivity contribution in [1.29, 1.82) is 0 Å². The van der Waals surface area contributed by atoms with Gasteiger partial charge >= 0.3 is 5.69 Å². The van der Waals surface area contributed by atoms with Gasteiger partial charge in [0, 0.05) is 6.54 Å². The van der Waals surface area contributed by atoms with Crippen LogP contribution in [0.4, 0.5) is 5.69 Å². The van der Waals surface area contributed by atoms with Gasteiger partial charge in [-0.05, 0) is 18.9 Å². The summed E-state index contributed by atoms with van der Waals surface area (Å²) in [7, 11) is 0. The summed E-state index contributed by atoms with van der Waals surface area (Å²) in [5, 5.41) is 27.6. The molecular weight excluding hydrogens is 272 g/mol. The summed E-state index contributed by atoms with van der Waals surface area (Å²) in [5.41, 5.74) is -0.0487. The van der Waals surface area contributed by atoms with Crippen molar-refractivity contribution < 1.29 is 10.0 Å². The van der Waals surface area contributed by atoms with E-state index in [2.05, 4.69) is 10.4 Å². The van der Waals surface area contributed by atoms with Gasteiger partial charge in [0.15, 0.2) is 0 Å². The first-order valence-electron chi connectivity index (χ1n) is 7.71. The highest BCUT2D eigenvalue weighted by Crippen LogP contribution is 2.25. The first-order valence-corrected chi connectivity index (χ1v) is 7.71. The number of rotatable bonds is 8. The van der Waals surface area contributed by atoms with Crippen molar-refractivity contribution in [2.24, 2.45) is 5.92 Å². The van der Waals surface area contributed by atoms with Crippen LogP contribution < -0.4 is 5.32 Å². The second-order valence-electron chi connectivity index (χ2n) is 5.83. The maximum atomic E-state index is 10.5. The van der Waals surface area contributed by atoms with Gasteiger partial charge in [-0.1, -0.05) is 32.1 Å². The standard InChI is InChI=1S/C14H24N4O3/c19-14(11-17-10-13(8-16-17)18(20)21)9-15-7-6-12-4-2-1-3-5-12/h8,10,12,14-15,19H,1-7,9,11H2. The third-order valence-electron chi connectivity index (χ3n) is 4.06. The van der Waals surface area contributed by atoms with E-state index in [9.17, 15) is 15.2 Å². The predicted octanol–water partition coefficient (Wildman–Crippen LogP) is 1.71. The molecule has 0 aromatic carbocycles. The number of aliphatic hydroxyl groups excluding tert-OH is 1. The summed E-state index contributed by atoms with van der Waals surface area (Å²) in [6, 6.07) is 0. The summed E-state index contributed by atoms with van der Waals surface area (Å²) in [6.07, 6.45) is 9.86. The van der Waals surface area contributed by atoms with Gasteiger partial charge in [0.05, 0.1) is 17.6 Å². The highest BCUT2D eigenvalue weighted by molar-refractivity contribution is 5.20. The highest BCUT2D eigenvalue weighted by Gasteiger charge is 2.14. The summed E-state index contributed by atoms with van der Waals surface area (Å²) in [6.45, 7) is 1.67. The molecule has 1 aromatic heterocycles. The molecule has 0 amide bonds. The van der Waals surface area contributed by atoms with Crippen molar-refractivity contribution in [2.45, 2.75) is 51.2 Å². The third-order valence-corrected chi connectivity index (χ3v) is 4.06. The van der Waals surface area contributed by atoms with Crippen LogP contribution in [0.3, 0.4) is 0 Å². The highest BCUT2D eigenvalue weighted by atomic mass is 16.6. The van der Waals surface area contributed by atoms with E-state index >= 15 is 0 Å². The number of nitro groups is 1. The molecule has 1 saturated carbocycles. The molecule has 118 valence electrons. The molecular formula is C14H24N4O3. The molecule has 1 aliphatic rings. The van der Waals surface area contributed by atoms with Crippen molar-refractivity contribution in [3.05, 3.63) is 22.5 Å². The number of nitrogens with one attached hydrogen (secondary N) is 1. The van der Waals surface area contributed by atoms with Gasteiger partial charge in [0.1, 0.15) is 12.4 Å². The van der Waals surface area contributed by atoms with Crippen molar-refractivity contribution in [2.75, 3.05) is 13.1 Å². The Bertz CT molecular complexity index is 443. The average molecular weight is 296 g/mol. The zero-order valence-electron chi connectivity index (χ0n) is 12.3. The average Bonchev–Trinajstić information content (AvgIpc) is 2.93. The molecule has 0 spiro atoms. The van der Waals surface area contributed by atoms with E-state index in [1.54, 1.807) is 0 Å². The minimum absolute atomic E-state index is 0.0487. The van der Waals surface area contributed by atoms with E-state index in [0.29, 0.717) is 6.54 Å². The fourth-order valence-electron chi connectivity index (χ4n) is 2.88. The molecule has 1 fully saturated rings. The zero-order valence-corrected chi connectivity index (χ0v) is 12.3. The molecule has 1 aliphatic carbocycles. The smallest absolute Gasteiger partial charge is 0.306 e. The number of hydrogen-bond acceptors (Lipinski definition) is 5. The fraction of sp³-hybridized carbons (Fsp3) is 0.786. The lowest BCUT2D eigenvalue weighted by atomic mass is 9.87. The van der Waals surface area contributed by atoms with E-state index in [-0.39, 0.29) is 12.2 Å². The SMILES string of the molecule is O=[N+]([O-])c1cnn(CC(O)CNCCC2CCCCC2)c1. The molecule has 0 saturated heterocycles. The fourth-order valence-corrected chi connectivity index (χ4v) is 2.88. The van der Waals surface area contributed by atoms with Crippen LogP contribution in [0.1, 0.15) is 38.5 Å². The first-order chi connectivity index (χ1) is 10.1. The number of hydrogen-bond donors (Lipinski definition) is 2. The van der Waals surface area contributed by atoms with E-state index in [0.717, 1.165) is 12.5 Å². The summed E-state index contributed by atoms with van der Waals surface area (Å²) in [5.74, 6) is 0.831. The molecule has 0 radical (unpaired) electrons. The van der Waals surface area contributed by atoms with Crippen LogP contribution in [0, 0.1) is 16.0 Å². The maximum absolute atomic E-state index is 10.5. The van der Waals surface area contributed by atoms with Gasteiger partial charge in [0.2, 0.25) is 0 Å². The molecule has 1 unspecified atom stereocenters. The molecule has 1 heterocycles. The second kappa shape index (κ2) is 8.09. The van der Waals surface area contributed by atoms with Gasteiger partial charge in [0.25, 0.3) is 0 Å². The van der Waals surface area contributed by atoms with E-state index in [1.807, 2.05) is 0 Å². The Morgan fingerprint density at radius 1 is 1.48 bits per heavy atom. The van der Waals surface area contributed by atoms with Crippen LogP contribution in [0.5, 0.6) is 0 Å². The number of aromatic nitrogens is 2. The molecule has 7 nitrogen and oxygen atoms in total. The lowest BCUT2D eigenvalue weighted by Crippen LogP contribution is -2.31. The quantitative estimate of drug-likeness (QED) is 0.433. The molecule has 0 bridgehead atoms. The topological polar surface area (TPSA) is 93.2 Å². The number of aliphatic hydroxyl groups is 1. The Morgan fingerprint density at radius 2 is 2.24 bits per heavy atom. The van der Waals surface area contributed by atoms with Crippen LogP contribution >= 0.6 is 0 Å². The van der Waals surface area contributed by atoms with Crippen LogP contribution in [-0.2, 0) is 6.54 Å². The zero-order chi connectivity index (χ0) is 15.1. The van der Waals surface area contributed by atoms with Crippen molar-refractivity contribution >= 4 is 5.69 Å². The van der Waals surface area contributed by atoms with Crippen molar-refractivity contribution in [1.82, 2.24) is 15.1 Å². The third kappa shape index (κ3) is 5.43. The Labute approximate surface area is 124 Å². The number of nitrogens with zero attached hydrogens (tertiary/aromatic N) is 3. The van der Waals surface area contributed by atoms with Gasteiger partial charge < -0.3 is 10.4 Å². The molecule has 1 atom stereocenters. The lowest BCUT2D eigenvalue weighted by Gasteiger charge is -2.21. The van der Waals surface area contributed by atoms with Gasteiger partial charge in [-0.3, -0.25) is 14.8 Å². The van der Waals surface area contributed by atoms with Gasteiger partial charge in [-0.2, -0.15) is 5.10 Å². The monoisotopic (exact) mass is 296 g/mol. The van der Waals surface area contributed by atoms with Crippen molar-refractivity contribution in [3.63, 3.8) is 0 Å². The minimum atomic E-state index is -0.587. The molecule has 1 aromatic rings. The van der Waals surface area contributed by atoms with Gasteiger partial charge in [-0.15, -0.1) is 0 Å². The summed E-state index contributed by atoms with van der Waals surface area (Å²) < 4.78 is 1.41. The Balaban J connectivity index is 1.60. The Morgan fingerprint density at radius 3 is 2.90 bits per heavy atom. The van der Waals surface area contributed by atoms with Crippen molar-refractivity contribution in [3.8, 4) is 0 Å². The second-order valence-corrected chi connectivity index (χ2v) is 5.83. The van der Waals surface area contributed by atoms with Gasteiger partial charge in [-0.25, -0.2) is 0 Å². The minimum Gasteiger partial charge on any atom is -0.390 e. The normalized spacial score (nSPS) is 17.8.